The van der Waals surface area contributed by atoms with E-state index in [1.807, 2.05) is 0 Å². The molecule has 10 nitrogen and oxygen atoms in total. The predicted molar refractivity (Wildman–Crippen MR) is 157 cm³/mol. The zero-order chi connectivity index (χ0) is 29.2. The monoisotopic (exact) mass is 596 g/mol. The van der Waals surface area contributed by atoms with Gasteiger partial charge in [0, 0.05) is 34.8 Å². The SMILES string of the molecule is CC1CNC=C2c3c(Cc4ccccc4)cccc3NC21.O=S(=O)(O)Oc1cccc2c(OS(=O)(=O)O)cccc12. The van der Waals surface area contributed by atoms with Gasteiger partial charge in [-0.05, 0) is 47.2 Å². The van der Waals surface area contributed by atoms with Gasteiger partial charge < -0.3 is 19.0 Å². The number of rotatable bonds is 6. The van der Waals surface area contributed by atoms with Crippen molar-refractivity contribution in [2.75, 3.05) is 11.9 Å². The summed E-state index contributed by atoms with van der Waals surface area (Å²) < 4.78 is 69.0. The molecule has 4 aromatic carbocycles. The lowest BCUT2D eigenvalue weighted by Gasteiger charge is -2.26. The molecule has 6 rings (SSSR count). The fraction of sp³-hybridized carbons (Fsp3) is 0.172. The van der Waals surface area contributed by atoms with Crippen LogP contribution in [-0.2, 0) is 27.2 Å². The predicted octanol–water partition coefficient (Wildman–Crippen LogP) is 4.85. The van der Waals surface area contributed by atoms with Crippen molar-refractivity contribution in [1.29, 1.82) is 0 Å². The minimum absolute atomic E-state index is 0.172. The van der Waals surface area contributed by atoms with Gasteiger partial charge in [-0.15, -0.1) is 0 Å². The van der Waals surface area contributed by atoms with Crippen LogP contribution in [0, 0.1) is 5.92 Å². The van der Waals surface area contributed by atoms with Crippen LogP contribution in [0.5, 0.6) is 11.5 Å². The Kier molecular flexibility index (Phi) is 7.91. The Morgan fingerprint density at radius 3 is 1.95 bits per heavy atom. The van der Waals surface area contributed by atoms with Gasteiger partial charge in [-0.25, -0.2) is 0 Å². The molecule has 2 aliphatic heterocycles. The third-order valence-electron chi connectivity index (χ3n) is 6.82. The minimum atomic E-state index is -4.73. The first-order chi connectivity index (χ1) is 19.5. The Bertz CT molecular complexity index is 1750. The first-order valence-corrected chi connectivity index (χ1v) is 15.4. The second-order valence-electron chi connectivity index (χ2n) is 9.74. The number of anilines is 1. The molecule has 12 heteroatoms. The molecule has 0 aliphatic carbocycles. The topological polar surface area (TPSA) is 151 Å². The van der Waals surface area contributed by atoms with Gasteiger partial charge in [-0.1, -0.05) is 73.7 Å². The van der Waals surface area contributed by atoms with Crippen LogP contribution in [0.4, 0.5) is 5.69 Å². The van der Waals surface area contributed by atoms with Gasteiger partial charge >= 0.3 is 20.8 Å². The highest BCUT2D eigenvalue weighted by atomic mass is 32.3. The van der Waals surface area contributed by atoms with E-state index in [0.717, 1.165) is 13.0 Å². The standard InChI is InChI=1S/C19H20N2.C10H8O8S2/c1-13-11-20-12-16-18-15(10-14-6-3-2-4-7-14)8-5-9-17(18)21-19(13)16;11-19(12,13)17-9-5-1-3-7-8(9)4-2-6-10(7)18-20(14,15)16/h2-9,12-13,19-21H,10-11H2,1H3;1-6H,(H,11,12,13)(H,14,15,16). The van der Waals surface area contributed by atoms with E-state index in [2.05, 4.69) is 80.7 Å². The van der Waals surface area contributed by atoms with E-state index >= 15 is 0 Å². The number of hydrogen-bond acceptors (Lipinski definition) is 8. The molecular formula is C29H28N2O8S2. The van der Waals surface area contributed by atoms with E-state index < -0.39 is 20.8 Å². The summed E-state index contributed by atoms with van der Waals surface area (Å²) in [6, 6.07) is 25.9. The average molecular weight is 597 g/mol. The number of benzene rings is 4. The van der Waals surface area contributed by atoms with Crippen molar-refractivity contribution in [2.24, 2.45) is 5.92 Å². The summed E-state index contributed by atoms with van der Waals surface area (Å²) >= 11 is 0. The van der Waals surface area contributed by atoms with Crippen LogP contribution in [0.1, 0.15) is 23.6 Å². The van der Waals surface area contributed by atoms with Crippen LogP contribution >= 0.6 is 0 Å². The molecule has 2 heterocycles. The van der Waals surface area contributed by atoms with Crippen molar-refractivity contribution >= 4 is 42.8 Å². The maximum atomic E-state index is 10.7. The summed E-state index contributed by atoms with van der Waals surface area (Å²) in [6.07, 6.45) is 3.20. The zero-order valence-corrected chi connectivity index (χ0v) is 23.5. The van der Waals surface area contributed by atoms with Crippen LogP contribution in [0.15, 0.2) is 91.1 Å². The molecule has 0 saturated carbocycles. The van der Waals surface area contributed by atoms with Crippen molar-refractivity contribution < 1.29 is 34.3 Å². The normalized spacial score (nSPS) is 17.6. The van der Waals surface area contributed by atoms with E-state index in [4.69, 9.17) is 9.11 Å². The molecule has 4 aromatic rings. The van der Waals surface area contributed by atoms with E-state index in [9.17, 15) is 16.8 Å². The molecule has 2 aliphatic rings. The van der Waals surface area contributed by atoms with Crippen molar-refractivity contribution in [3.05, 3.63) is 108 Å². The van der Waals surface area contributed by atoms with E-state index in [1.54, 1.807) is 0 Å². The summed E-state index contributed by atoms with van der Waals surface area (Å²) in [5.74, 6) is 0.179. The lowest BCUT2D eigenvalue weighted by molar-refractivity contribution is 0.384. The number of fused-ring (bicyclic) bond motifs is 4. The summed E-state index contributed by atoms with van der Waals surface area (Å²) in [4.78, 5) is 0. The van der Waals surface area contributed by atoms with Crippen molar-refractivity contribution in [3.63, 3.8) is 0 Å². The van der Waals surface area contributed by atoms with Crippen LogP contribution in [-0.4, -0.2) is 38.5 Å². The highest BCUT2D eigenvalue weighted by molar-refractivity contribution is 7.81. The molecule has 41 heavy (non-hydrogen) atoms. The molecule has 214 valence electrons. The molecule has 4 N–H and O–H groups in total. The van der Waals surface area contributed by atoms with Gasteiger partial charge in [0.05, 0.1) is 6.04 Å². The molecule has 2 unspecified atom stereocenters. The first-order valence-electron chi connectivity index (χ1n) is 12.7. The molecule has 0 spiro atoms. The molecule has 0 saturated heterocycles. The minimum Gasteiger partial charge on any atom is -0.390 e. The molecule has 0 aromatic heterocycles. The van der Waals surface area contributed by atoms with Crippen molar-refractivity contribution in [2.45, 2.75) is 19.4 Å². The average Bonchev–Trinajstić information content (AvgIpc) is 3.30. The molecule has 2 atom stereocenters. The van der Waals surface area contributed by atoms with Crippen LogP contribution in [0.2, 0.25) is 0 Å². The molecule has 0 fully saturated rings. The second kappa shape index (κ2) is 11.4. The number of hydrogen-bond donors (Lipinski definition) is 4. The molecule has 0 bridgehead atoms. The Morgan fingerprint density at radius 1 is 0.780 bits per heavy atom. The van der Waals surface area contributed by atoms with Crippen LogP contribution in [0.25, 0.3) is 16.3 Å². The van der Waals surface area contributed by atoms with Gasteiger partial charge in [0.15, 0.2) is 11.5 Å². The van der Waals surface area contributed by atoms with Gasteiger partial charge in [0.25, 0.3) is 0 Å². The molecule has 0 amide bonds. The Labute approximate surface area is 238 Å². The van der Waals surface area contributed by atoms with Crippen LogP contribution in [0.3, 0.4) is 0 Å². The third-order valence-corrected chi connectivity index (χ3v) is 7.60. The molecule has 0 radical (unpaired) electrons. The highest BCUT2D eigenvalue weighted by Gasteiger charge is 2.33. The van der Waals surface area contributed by atoms with Crippen LogP contribution < -0.4 is 19.0 Å². The van der Waals surface area contributed by atoms with Gasteiger partial charge in [-0.3, -0.25) is 9.11 Å². The lowest BCUT2D eigenvalue weighted by Crippen LogP contribution is -2.35. The Balaban J connectivity index is 0.000000165. The van der Waals surface area contributed by atoms with E-state index in [-0.39, 0.29) is 22.3 Å². The smallest absolute Gasteiger partial charge is 0.390 e. The van der Waals surface area contributed by atoms with E-state index in [0.29, 0.717) is 12.0 Å². The summed E-state index contributed by atoms with van der Waals surface area (Å²) in [6.45, 7) is 3.35. The van der Waals surface area contributed by atoms with Gasteiger partial charge in [0.1, 0.15) is 0 Å². The Hall–Kier alpha value is -4.10. The fourth-order valence-corrected chi connectivity index (χ4v) is 5.88. The highest BCUT2D eigenvalue weighted by Crippen LogP contribution is 2.41. The van der Waals surface area contributed by atoms with Crippen molar-refractivity contribution in [3.8, 4) is 11.5 Å². The summed E-state index contributed by atoms with van der Waals surface area (Å²) in [5.41, 5.74) is 6.90. The van der Waals surface area contributed by atoms with E-state index in [1.165, 1.54) is 64.3 Å². The van der Waals surface area contributed by atoms with Crippen molar-refractivity contribution in [1.82, 2.24) is 5.32 Å². The zero-order valence-electron chi connectivity index (χ0n) is 21.9. The lowest BCUT2D eigenvalue weighted by atomic mass is 9.88. The fourth-order valence-electron chi connectivity index (χ4n) is 5.13. The largest absolute Gasteiger partial charge is 0.446 e. The van der Waals surface area contributed by atoms with Gasteiger partial charge in [-0.2, -0.15) is 16.8 Å². The summed E-state index contributed by atoms with van der Waals surface area (Å²) in [5, 5.41) is 7.48. The third kappa shape index (κ3) is 6.80. The number of nitrogens with one attached hydrogen (secondary N) is 2. The first kappa shape index (κ1) is 28.4. The summed E-state index contributed by atoms with van der Waals surface area (Å²) in [7, 11) is -9.45. The quantitative estimate of drug-likeness (QED) is 0.227. The molecular weight excluding hydrogens is 568 g/mol. The maximum Gasteiger partial charge on any atom is 0.446 e. The maximum absolute atomic E-state index is 10.7. The van der Waals surface area contributed by atoms with Gasteiger partial charge in [0.2, 0.25) is 0 Å². The second-order valence-corrected chi connectivity index (χ2v) is 11.8. The Morgan fingerprint density at radius 2 is 1.37 bits per heavy atom.